The minimum absolute atomic E-state index is 0.362. The highest BCUT2D eigenvalue weighted by Crippen LogP contribution is 2.41. The second-order valence-corrected chi connectivity index (χ2v) is 6.40. The molecule has 3 N–H and O–H groups in total. The summed E-state index contributed by atoms with van der Waals surface area (Å²) in [6, 6.07) is 8.13. The Bertz CT molecular complexity index is 468. The molecule has 3 atom stereocenters. The Kier molecular flexibility index (Phi) is 3.95. The molecule has 0 radical (unpaired) electrons. The third kappa shape index (κ3) is 2.97. The molecule has 0 aliphatic heterocycles. The largest absolute Gasteiger partial charge is 0.382 e. The number of nitrogens with one attached hydrogen (secondary N) is 1. The average molecular weight is 272 g/mol. The first-order chi connectivity index (χ1) is 9.72. The standard InChI is InChI=1S/C17H24N2O/c18-17(20)13-6-8-15(9-7-13)19-16-10-5-12-3-1-2-4-14(12)11-16/h6-9,12,14,16,19H,1-5,10-11H2,(H2,18,20). The number of carbonyl (C=O) groups is 1. The molecular weight excluding hydrogens is 248 g/mol. The summed E-state index contributed by atoms with van der Waals surface area (Å²) < 4.78 is 0. The lowest BCUT2D eigenvalue weighted by atomic mass is 9.69. The molecular formula is C17H24N2O. The monoisotopic (exact) mass is 272 g/mol. The van der Waals surface area contributed by atoms with E-state index in [4.69, 9.17) is 5.73 Å². The third-order valence-electron chi connectivity index (χ3n) is 5.08. The zero-order valence-corrected chi connectivity index (χ0v) is 12.0. The maximum atomic E-state index is 11.1. The molecule has 3 nitrogen and oxygen atoms in total. The Morgan fingerprint density at radius 2 is 1.70 bits per heavy atom. The Hall–Kier alpha value is -1.51. The molecule has 1 amide bonds. The molecule has 1 aromatic rings. The molecule has 0 heterocycles. The van der Waals surface area contributed by atoms with Gasteiger partial charge in [-0.15, -0.1) is 0 Å². The van der Waals surface area contributed by atoms with Gasteiger partial charge in [0.1, 0.15) is 0 Å². The van der Waals surface area contributed by atoms with Gasteiger partial charge in [0.05, 0.1) is 0 Å². The van der Waals surface area contributed by atoms with Crippen molar-refractivity contribution in [1.29, 1.82) is 0 Å². The lowest BCUT2D eigenvalue weighted by Crippen LogP contribution is -2.34. The zero-order chi connectivity index (χ0) is 13.9. The smallest absolute Gasteiger partial charge is 0.248 e. The summed E-state index contributed by atoms with van der Waals surface area (Å²) in [6.45, 7) is 0. The predicted molar refractivity (Wildman–Crippen MR) is 81.7 cm³/mol. The predicted octanol–water partition coefficient (Wildman–Crippen LogP) is 3.56. The van der Waals surface area contributed by atoms with Gasteiger partial charge in [-0.1, -0.05) is 25.7 Å². The van der Waals surface area contributed by atoms with Crippen LogP contribution in [0.1, 0.15) is 55.3 Å². The van der Waals surface area contributed by atoms with Crippen molar-refractivity contribution in [3.63, 3.8) is 0 Å². The first-order valence-corrected chi connectivity index (χ1v) is 7.89. The topological polar surface area (TPSA) is 55.1 Å². The van der Waals surface area contributed by atoms with Crippen molar-refractivity contribution < 1.29 is 4.79 Å². The summed E-state index contributed by atoms with van der Waals surface area (Å²) in [6.07, 6.45) is 9.69. The van der Waals surface area contributed by atoms with Crippen LogP contribution >= 0.6 is 0 Å². The van der Waals surface area contributed by atoms with Gasteiger partial charge in [-0.05, 0) is 55.4 Å². The minimum Gasteiger partial charge on any atom is -0.382 e. The van der Waals surface area contributed by atoms with E-state index in [0.717, 1.165) is 17.5 Å². The Morgan fingerprint density at radius 3 is 2.40 bits per heavy atom. The Balaban J connectivity index is 1.59. The molecule has 20 heavy (non-hydrogen) atoms. The van der Waals surface area contributed by atoms with Crippen LogP contribution in [0, 0.1) is 11.8 Å². The van der Waals surface area contributed by atoms with Gasteiger partial charge < -0.3 is 11.1 Å². The maximum Gasteiger partial charge on any atom is 0.248 e. The molecule has 2 aliphatic carbocycles. The van der Waals surface area contributed by atoms with Gasteiger partial charge in [0.15, 0.2) is 0 Å². The Morgan fingerprint density at radius 1 is 1.00 bits per heavy atom. The number of anilines is 1. The average Bonchev–Trinajstić information content (AvgIpc) is 2.48. The van der Waals surface area contributed by atoms with Crippen LogP contribution in [0.15, 0.2) is 24.3 Å². The number of primary amides is 1. The van der Waals surface area contributed by atoms with Crippen molar-refractivity contribution in [2.45, 2.75) is 51.0 Å². The van der Waals surface area contributed by atoms with E-state index in [1.807, 2.05) is 12.1 Å². The summed E-state index contributed by atoms with van der Waals surface area (Å²) in [7, 11) is 0. The zero-order valence-electron chi connectivity index (χ0n) is 12.0. The molecule has 1 aromatic carbocycles. The molecule has 3 unspecified atom stereocenters. The fraction of sp³-hybridized carbons (Fsp3) is 0.588. The van der Waals surface area contributed by atoms with E-state index in [9.17, 15) is 4.79 Å². The summed E-state index contributed by atoms with van der Waals surface area (Å²) in [5.74, 6) is 1.55. The number of nitrogens with two attached hydrogens (primary N) is 1. The van der Waals surface area contributed by atoms with E-state index in [1.54, 1.807) is 12.1 Å². The van der Waals surface area contributed by atoms with Crippen LogP contribution in [0.25, 0.3) is 0 Å². The van der Waals surface area contributed by atoms with Crippen LogP contribution in [0.3, 0.4) is 0 Å². The van der Waals surface area contributed by atoms with Crippen LogP contribution in [0.4, 0.5) is 5.69 Å². The molecule has 0 saturated heterocycles. The van der Waals surface area contributed by atoms with Gasteiger partial charge in [0.2, 0.25) is 5.91 Å². The lowest BCUT2D eigenvalue weighted by molar-refractivity contribution is 0.100. The van der Waals surface area contributed by atoms with E-state index in [1.165, 1.54) is 44.9 Å². The number of rotatable bonds is 3. The van der Waals surface area contributed by atoms with Crippen molar-refractivity contribution in [2.24, 2.45) is 17.6 Å². The summed E-state index contributed by atoms with van der Waals surface area (Å²) in [4.78, 5) is 11.1. The number of fused-ring (bicyclic) bond motifs is 1. The number of benzene rings is 1. The maximum absolute atomic E-state index is 11.1. The molecule has 3 heteroatoms. The SMILES string of the molecule is NC(=O)c1ccc(NC2CCC3CCCCC3C2)cc1. The van der Waals surface area contributed by atoms with Gasteiger partial charge in [0.25, 0.3) is 0 Å². The highest BCUT2D eigenvalue weighted by Gasteiger charge is 2.31. The first kappa shape index (κ1) is 13.5. The van der Waals surface area contributed by atoms with Gasteiger partial charge in [-0.25, -0.2) is 0 Å². The summed E-state index contributed by atoms with van der Waals surface area (Å²) >= 11 is 0. The van der Waals surface area contributed by atoms with E-state index in [-0.39, 0.29) is 5.91 Å². The van der Waals surface area contributed by atoms with Crippen molar-refractivity contribution in [3.8, 4) is 0 Å². The second-order valence-electron chi connectivity index (χ2n) is 6.40. The highest BCUT2D eigenvalue weighted by atomic mass is 16.1. The van der Waals surface area contributed by atoms with E-state index >= 15 is 0 Å². The lowest BCUT2D eigenvalue weighted by Gasteiger charge is -2.39. The fourth-order valence-corrected chi connectivity index (χ4v) is 3.97. The van der Waals surface area contributed by atoms with Crippen LogP contribution in [-0.2, 0) is 0 Å². The van der Waals surface area contributed by atoms with Crippen LogP contribution in [-0.4, -0.2) is 11.9 Å². The van der Waals surface area contributed by atoms with Gasteiger partial charge >= 0.3 is 0 Å². The van der Waals surface area contributed by atoms with Gasteiger partial charge in [0, 0.05) is 17.3 Å². The van der Waals surface area contributed by atoms with E-state index < -0.39 is 0 Å². The quantitative estimate of drug-likeness (QED) is 0.884. The normalized spacial score (nSPS) is 29.5. The molecule has 2 saturated carbocycles. The first-order valence-electron chi connectivity index (χ1n) is 7.89. The van der Waals surface area contributed by atoms with E-state index in [0.29, 0.717) is 11.6 Å². The molecule has 2 fully saturated rings. The van der Waals surface area contributed by atoms with Gasteiger partial charge in [-0.2, -0.15) is 0 Å². The molecule has 2 aliphatic rings. The minimum atomic E-state index is -0.362. The number of hydrogen-bond acceptors (Lipinski definition) is 2. The van der Waals surface area contributed by atoms with Crippen molar-refractivity contribution in [2.75, 3.05) is 5.32 Å². The van der Waals surface area contributed by atoms with Crippen molar-refractivity contribution in [1.82, 2.24) is 0 Å². The number of carbonyl (C=O) groups excluding carboxylic acids is 1. The van der Waals surface area contributed by atoms with Gasteiger partial charge in [-0.3, -0.25) is 4.79 Å². The second kappa shape index (κ2) is 5.86. The molecule has 0 bridgehead atoms. The molecule has 0 spiro atoms. The number of hydrogen-bond donors (Lipinski definition) is 2. The van der Waals surface area contributed by atoms with Crippen LogP contribution in [0.5, 0.6) is 0 Å². The molecule has 3 rings (SSSR count). The Labute approximate surface area is 120 Å². The van der Waals surface area contributed by atoms with Crippen LogP contribution in [0.2, 0.25) is 0 Å². The van der Waals surface area contributed by atoms with Crippen molar-refractivity contribution >= 4 is 11.6 Å². The summed E-state index contributed by atoms with van der Waals surface area (Å²) in [5.41, 5.74) is 6.94. The summed E-state index contributed by atoms with van der Waals surface area (Å²) in [5, 5.41) is 3.63. The fourth-order valence-electron chi connectivity index (χ4n) is 3.97. The highest BCUT2D eigenvalue weighted by molar-refractivity contribution is 5.93. The van der Waals surface area contributed by atoms with E-state index in [2.05, 4.69) is 5.32 Å². The molecule has 108 valence electrons. The third-order valence-corrected chi connectivity index (χ3v) is 5.08. The number of amides is 1. The van der Waals surface area contributed by atoms with Crippen LogP contribution < -0.4 is 11.1 Å². The van der Waals surface area contributed by atoms with Crippen molar-refractivity contribution in [3.05, 3.63) is 29.8 Å². The molecule has 0 aromatic heterocycles.